The molecule has 0 aliphatic carbocycles. The molecular formula is C20H19BN4O3. The number of fused-ring (bicyclic) bond motifs is 2. The third-order valence-electron chi connectivity index (χ3n) is 4.74. The second kappa shape index (κ2) is 7.42. The molecule has 3 aromatic rings. The lowest BCUT2D eigenvalue weighted by Crippen LogP contribution is -2.39. The standard InChI is InChI=1S/C20H19BN4O3/c1-12-24-19-5-3-14(9-18(19)21(27)28-12)17(10-22)20(26)25-16-4-2-15-11-23-7-6-13(15)8-16/h2-9,11,17,27H,10,22H2,1H3,(H,25,26). The first-order valence-corrected chi connectivity index (χ1v) is 8.94. The van der Waals surface area contributed by atoms with Crippen LogP contribution in [0.2, 0.25) is 0 Å². The number of anilines is 1. The van der Waals surface area contributed by atoms with Crippen LogP contribution < -0.4 is 16.5 Å². The number of nitrogens with two attached hydrogens (primary N) is 1. The molecule has 1 aliphatic heterocycles. The number of benzene rings is 2. The molecule has 1 aliphatic rings. The van der Waals surface area contributed by atoms with Crippen LogP contribution in [0.25, 0.3) is 10.8 Å². The van der Waals surface area contributed by atoms with Crippen molar-refractivity contribution in [2.24, 2.45) is 10.7 Å². The number of hydrogen-bond acceptors (Lipinski definition) is 6. The molecule has 0 spiro atoms. The monoisotopic (exact) mass is 374 g/mol. The average Bonchev–Trinajstić information content (AvgIpc) is 2.68. The number of carbonyl (C=O) groups is 1. The summed E-state index contributed by atoms with van der Waals surface area (Å²) in [4.78, 5) is 21.2. The predicted octanol–water partition coefficient (Wildman–Crippen LogP) is 1.68. The van der Waals surface area contributed by atoms with Gasteiger partial charge in [0.05, 0.1) is 11.6 Å². The lowest BCUT2D eigenvalue weighted by molar-refractivity contribution is -0.117. The van der Waals surface area contributed by atoms with Crippen LogP contribution in [0.15, 0.2) is 59.9 Å². The number of aromatic nitrogens is 1. The van der Waals surface area contributed by atoms with E-state index in [4.69, 9.17) is 10.4 Å². The van der Waals surface area contributed by atoms with E-state index in [1.165, 1.54) is 0 Å². The second-order valence-corrected chi connectivity index (χ2v) is 6.63. The quantitative estimate of drug-likeness (QED) is 0.602. The van der Waals surface area contributed by atoms with Crippen LogP contribution in [-0.2, 0) is 9.45 Å². The highest BCUT2D eigenvalue weighted by Gasteiger charge is 2.29. The first-order valence-electron chi connectivity index (χ1n) is 8.94. The van der Waals surface area contributed by atoms with E-state index in [1.807, 2.05) is 24.3 Å². The van der Waals surface area contributed by atoms with E-state index in [1.54, 1.807) is 37.5 Å². The minimum Gasteiger partial charge on any atom is -0.522 e. The minimum atomic E-state index is -1.11. The Bertz CT molecular complexity index is 1090. The molecule has 140 valence electrons. The Labute approximate surface area is 162 Å². The molecule has 1 unspecified atom stereocenters. The molecule has 2 heterocycles. The van der Waals surface area contributed by atoms with Gasteiger partial charge in [-0.15, -0.1) is 0 Å². The molecule has 7 nitrogen and oxygen atoms in total. The lowest BCUT2D eigenvalue weighted by Gasteiger charge is -2.21. The van der Waals surface area contributed by atoms with Gasteiger partial charge in [0.2, 0.25) is 5.91 Å². The van der Waals surface area contributed by atoms with Crippen molar-refractivity contribution in [3.05, 3.63) is 60.4 Å². The van der Waals surface area contributed by atoms with E-state index >= 15 is 0 Å². The Balaban J connectivity index is 1.59. The van der Waals surface area contributed by atoms with E-state index in [0.29, 0.717) is 28.3 Å². The zero-order valence-electron chi connectivity index (χ0n) is 15.3. The van der Waals surface area contributed by atoms with Crippen molar-refractivity contribution in [2.45, 2.75) is 12.8 Å². The third kappa shape index (κ3) is 3.47. The highest BCUT2D eigenvalue weighted by atomic mass is 16.5. The molecule has 0 radical (unpaired) electrons. The van der Waals surface area contributed by atoms with Crippen LogP contribution >= 0.6 is 0 Å². The highest BCUT2D eigenvalue weighted by molar-refractivity contribution is 6.64. The molecule has 0 saturated heterocycles. The van der Waals surface area contributed by atoms with Crippen LogP contribution in [0, 0.1) is 0 Å². The van der Waals surface area contributed by atoms with Gasteiger partial charge in [-0.3, -0.25) is 9.78 Å². The van der Waals surface area contributed by atoms with Crippen LogP contribution in [0.1, 0.15) is 18.4 Å². The van der Waals surface area contributed by atoms with Crippen molar-refractivity contribution in [1.82, 2.24) is 4.98 Å². The number of pyridine rings is 1. The summed E-state index contributed by atoms with van der Waals surface area (Å²) in [6.07, 6.45) is 3.48. The molecule has 1 aromatic heterocycles. The summed E-state index contributed by atoms with van der Waals surface area (Å²) >= 11 is 0. The molecule has 4 rings (SSSR count). The summed E-state index contributed by atoms with van der Waals surface area (Å²) in [7, 11) is -1.11. The van der Waals surface area contributed by atoms with Crippen LogP contribution in [-0.4, -0.2) is 35.5 Å². The maximum atomic E-state index is 12.9. The lowest BCUT2D eigenvalue weighted by atomic mass is 9.75. The van der Waals surface area contributed by atoms with E-state index in [0.717, 1.165) is 10.8 Å². The zero-order valence-corrected chi connectivity index (χ0v) is 15.3. The molecule has 1 atom stereocenters. The van der Waals surface area contributed by atoms with Gasteiger partial charge in [-0.2, -0.15) is 0 Å². The summed E-state index contributed by atoms with van der Waals surface area (Å²) in [6.45, 7) is 1.80. The molecule has 8 heteroatoms. The van der Waals surface area contributed by atoms with E-state index < -0.39 is 13.0 Å². The van der Waals surface area contributed by atoms with Gasteiger partial charge < -0.3 is 20.7 Å². The van der Waals surface area contributed by atoms with Crippen molar-refractivity contribution in [3.8, 4) is 0 Å². The summed E-state index contributed by atoms with van der Waals surface area (Å²) in [5, 5.41) is 15.0. The van der Waals surface area contributed by atoms with Gasteiger partial charge in [0.1, 0.15) is 0 Å². The fourth-order valence-corrected chi connectivity index (χ4v) is 3.30. The summed E-state index contributed by atoms with van der Waals surface area (Å²) in [5.74, 6) is -0.397. The Kier molecular flexibility index (Phi) is 4.81. The molecule has 0 bridgehead atoms. The van der Waals surface area contributed by atoms with Gasteiger partial charge in [-0.25, -0.2) is 4.99 Å². The topological polar surface area (TPSA) is 110 Å². The van der Waals surface area contributed by atoms with Crippen molar-refractivity contribution < 1.29 is 14.5 Å². The Morgan fingerprint density at radius 1 is 1.25 bits per heavy atom. The van der Waals surface area contributed by atoms with Gasteiger partial charge >= 0.3 is 7.12 Å². The molecule has 4 N–H and O–H groups in total. The maximum Gasteiger partial charge on any atom is 0.563 e. The average molecular weight is 374 g/mol. The van der Waals surface area contributed by atoms with Gasteiger partial charge in [-0.05, 0) is 35.2 Å². The van der Waals surface area contributed by atoms with Crippen molar-refractivity contribution in [2.75, 3.05) is 11.9 Å². The van der Waals surface area contributed by atoms with Crippen molar-refractivity contribution in [3.63, 3.8) is 0 Å². The first-order chi connectivity index (χ1) is 13.5. The summed E-state index contributed by atoms with van der Waals surface area (Å²) in [5.41, 5.74) is 8.42. The summed E-state index contributed by atoms with van der Waals surface area (Å²) < 4.78 is 5.25. The smallest absolute Gasteiger partial charge is 0.522 e. The van der Waals surface area contributed by atoms with Crippen LogP contribution in [0.4, 0.5) is 11.4 Å². The number of nitrogens with one attached hydrogen (secondary N) is 1. The van der Waals surface area contributed by atoms with E-state index in [2.05, 4.69) is 15.3 Å². The maximum absolute atomic E-state index is 12.9. The minimum absolute atomic E-state index is 0.126. The predicted molar refractivity (Wildman–Crippen MR) is 110 cm³/mol. The van der Waals surface area contributed by atoms with Crippen molar-refractivity contribution in [1.29, 1.82) is 0 Å². The normalized spacial score (nSPS) is 14.1. The number of carbonyl (C=O) groups excluding carboxylic acids is 1. The van der Waals surface area contributed by atoms with Gasteiger partial charge in [-0.1, -0.05) is 18.2 Å². The van der Waals surface area contributed by atoms with Gasteiger partial charge in [0.15, 0.2) is 5.90 Å². The zero-order chi connectivity index (χ0) is 19.7. The van der Waals surface area contributed by atoms with E-state index in [9.17, 15) is 9.82 Å². The first kappa shape index (κ1) is 18.2. The molecule has 1 amide bonds. The number of rotatable bonds is 4. The second-order valence-electron chi connectivity index (χ2n) is 6.63. The van der Waals surface area contributed by atoms with Crippen molar-refractivity contribution >= 4 is 46.5 Å². The Morgan fingerprint density at radius 3 is 2.93 bits per heavy atom. The fourth-order valence-electron chi connectivity index (χ4n) is 3.30. The van der Waals surface area contributed by atoms with Gasteiger partial charge in [0, 0.05) is 42.4 Å². The molecule has 28 heavy (non-hydrogen) atoms. The van der Waals surface area contributed by atoms with E-state index in [-0.39, 0.29) is 12.5 Å². The number of hydrogen-bond donors (Lipinski definition) is 3. The SMILES string of the molecule is CC1=Nc2ccc(C(CN)C(=O)Nc3ccc4cnccc4c3)cc2B(O)O1. The third-order valence-corrected chi connectivity index (χ3v) is 4.74. The Hall–Kier alpha value is -3.23. The molecular weight excluding hydrogens is 355 g/mol. The Morgan fingerprint density at radius 2 is 2.11 bits per heavy atom. The van der Waals surface area contributed by atoms with Gasteiger partial charge in [0.25, 0.3) is 0 Å². The van der Waals surface area contributed by atoms with Crippen LogP contribution in [0.5, 0.6) is 0 Å². The highest BCUT2D eigenvalue weighted by Crippen LogP contribution is 2.24. The molecule has 0 fully saturated rings. The number of aliphatic imine (C=N–C) groups is 1. The molecule has 0 saturated carbocycles. The summed E-state index contributed by atoms with van der Waals surface area (Å²) in [6, 6.07) is 12.8. The fraction of sp³-hybridized carbons (Fsp3) is 0.150. The number of nitrogens with zero attached hydrogens (tertiary/aromatic N) is 2. The molecule has 2 aromatic carbocycles. The number of amides is 1. The largest absolute Gasteiger partial charge is 0.563 e. The van der Waals surface area contributed by atoms with Crippen LogP contribution in [0.3, 0.4) is 0 Å².